The molecule has 1 N–H and O–H groups in total. The Hall–Kier alpha value is -4.39. The molecule has 1 aromatic heterocycles. The maximum Gasteiger partial charge on any atom is 0.322 e. The van der Waals surface area contributed by atoms with Gasteiger partial charge in [-0.3, -0.25) is 4.90 Å². The van der Waals surface area contributed by atoms with Gasteiger partial charge in [-0.05, 0) is 37.1 Å². The van der Waals surface area contributed by atoms with Crippen LogP contribution in [0.1, 0.15) is 35.5 Å². The van der Waals surface area contributed by atoms with Gasteiger partial charge in [0.05, 0.1) is 25.3 Å². The SMILES string of the molecule is COc1ccc(C2NC(=O)N(Cc3cccc(C)c3)C(C)=C2c2nc(-c3ccccc3)no2)cc1. The van der Waals surface area contributed by atoms with E-state index in [2.05, 4.69) is 16.5 Å². The van der Waals surface area contributed by atoms with Crippen molar-refractivity contribution < 1.29 is 14.1 Å². The Balaban J connectivity index is 1.59. The molecule has 0 bridgehead atoms. The van der Waals surface area contributed by atoms with Gasteiger partial charge < -0.3 is 14.6 Å². The van der Waals surface area contributed by atoms with Gasteiger partial charge in [0.25, 0.3) is 5.89 Å². The monoisotopic (exact) mass is 466 g/mol. The van der Waals surface area contributed by atoms with Gasteiger partial charge in [0.1, 0.15) is 5.75 Å². The normalized spacial score (nSPS) is 15.8. The van der Waals surface area contributed by atoms with Crippen LogP contribution in [-0.4, -0.2) is 28.2 Å². The summed E-state index contributed by atoms with van der Waals surface area (Å²) in [5, 5.41) is 7.36. The molecule has 176 valence electrons. The van der Waals surface area contributed by atoms with E-state index in [1.54, 1.807) is 12.0 Å². The highest BCUT2D eigenvalue weighted by atomic mass is 16.5. The summed E-state index contributed by atoms with van der Waals surface area (Å²) in [7, 11) is 1.62. The van der Waals surface area contributed by atoms with Crippen LogP contribution < -0.4 is 10.1 Å². The number of rotatable bonds is 6. The van der Waals surface area contributed by atoms with Crippen molar-refractivity contribution in [1.82, 2.24) is 20.4 Å². The number of aryl methyl sites for hydroxylation is 1. The summed E-state index contributed by atoms with van der Waals surface area (Å²) in [5.74, 6) is 1.61. The van der Waals surface area contributed by atoms with Crippen LogP contribution in [0.3, 0.4) is 0 Å². The number of nitrogens with one attached hydrogen (secondary N) is 1. The van der Waals surface area contributed by atoms with Crippen LogP contribution in [0, 0.1) is 6.92 Å². The average molecular weight is 467 g/mol. The summed E-state index contributed by atoms with van der Waals surface area (Å²) in [4.78, 5) is 19.7. The molecule has 0 aliphatic carbocycles. The number of allylic oxidation sites excluding steroid dienone is 1. The summed E-state index contributed by atoms with van der Waals surface area (Å²) >= 11 is 0. The van der Waals surface area contributed by atoms with Crippen molar-refractivity contribution in [2.75, 3.05) is 7.11 Å². The number of methoxy groups -OCH3 is 1. The van der Waals surface area contributed by atoms with Crippen LogP contribution in [0.2, 0.25) is 0 Å². The molecule has 4 aromatic rings. The van der Waals surface area contributed by atoms with Gasteiger partial charge in [0.15, 0.2) is 0 Å². The van der Waals surface area contributed by atoms with Crippen molar-refractivity contribution in [1.29, 1.82) is 0 Å². The van der Waals surface area contributed by atoms with E-state index in [-0.39, 0.29) is 6.03 Å². The Morgan fingerprint density at radius 3 is 2.49 bits per heavy atom. The van der Waals surface area contributed by atoms with Gasteiger partial charge in [-0.25, -0.2) is 4.79 Å². The summed E-state index contributed by atoms with van der Waals surface area (Å²) in [6.07, 6.45) is 0. The Morgan fingerprint density at radius 2 is 1.77 bits per heavy atom. The molecule has 1 atom stereocenters. The Labute approximate surface area is 204 Å². The number of amides is 2. The lowest BCUT2D eigenvalue weighted by Gasteiger charge is -2.35. The number of carbonyl (C=O) groups is 1. The summed E-state index contributed by atoms with van der Waals surface area (Å²) in [5.41, 5.74) is 5.46. The largest absolute Gasteiger partial charge is 0.497 e. The molecule has 7 nitrogen and oxygen atoms in total. The fourth-order valence-electron chi connectivity index (χ4n) is 4.33. The third-order valence-corrected chi connectivity index (χ3v) is 6.16. The maximum absolute atomic E-state index is 13.3. The highest BCUT2D eigenvalue weighted by molar-refractivity contribution is 5.87. The number of benzene rings is 3. The number of aromatic nitrogens is 2. The van der Waals surface area contributed by atoms with Crippen molar-refractivity contribution in [3.05, 3.63) is 107 Å². The van der Waals surface area contributed by atoms with E-state index in [1.165, 1.54) is 0 Å². The van der Waals surface area contributed by atoms with Crippen molar-refractivity contribution in [2.24, 2.45) is 0 Å². The van der Waals surface area contributed by atoms with Crippen LogP contribution in [0.5, 0.6) is 5.75 Å². The van der Waals surface area contributed by atoms with Crippen molar-refractivity contribution >= 4 is 11.6 Å². The van der Waals surface area contributed by atoms with Gasteiger partial charge in [-0.2, -0.15) is 4.98 Å². The maximum atomic E-state index is 13.3. The average Bonchev–Trinajstić information content (AvgIpc) is 3.37. The fourth-order valence-corrected chi connectivity index (χ4v) is 4.33. The lowest BCUT2D eigenvalue weighted by molar-refractivity contribution is 0.203. The van der Waals surface area contributed by atoms with Crippen molar-refractivity contribution in [3.8, 4) is 17.1 Å². The third kappa shape index (κ3) is 4.53. The molecule has 0 radical (unpaired) electrons. The first-order valence-electron chi connectivity index (χ1n) is 11.4. The first kappa shape index (κ1) is 22.4. The number of urea groups is 1. The van der Waals surface area contributed by atoms with Crippen LogP contribution in [0.4, 0.5) is 4.79 Å². The highest BCUT2D eigenvalue weighted by Crippen LogP contribution is 2.38. The number of hydrogen-bond acceptors (Lipinski definition) is 5. The molecule has 1 aliphatic heterocycles. The van der Waals surface area contributed by atoms with Gasteiger partial charge in [-0.1, -0.05) is 77.5 Å². The Morgan fingerprint density at radius 1 is 1.00 bits per heavy atom. The van der Waals surface area contributed by atoms with E-state index in [0.717, 1.165) is 39.3 Å². The lowest BCUT2D eigenvalue weighted by Crippen LogP contribution is -2.45. The topological polar surface area (TPSA) is 80.5 Å². The molecular weight excluding hydrogens is 440 g/mol. The molecule has 2 heterocycles. The molecule has 5 rings (SSSR count). The number of carbonyl (C=O) groups excluding carboxylic acids is 1. The van der Waals surface area contributed by atoms with Crippen LogP contribution >= 0.6 is 0 Å². The second-order valence-corrected chi connectivity index (χ2v) is 8.52. The Bertz CT molecular complexity index is 1380. The predicted octanol–water partition coefficient (Wildman–Crippen LogP) is 5.75. The van der Waals surface area contributed by atoms with E-state index in [4.69, 9.17) is 14.2 Å². The predicted molar refractivity (Wildman–Crippen MR) is 133 cm³/mol. The fraction of sp³-hybridized carbons (Fsp3) is 0.179. The molecular formula is C28H26N4O3. The third-order valence-electron chi connectivity index (χ3n) is 6.16. The number of hydrogen-bond donors (Lipinski definition) is 1. The number of ether oxygens (including phenoxy) is 1. The van der Waals surface area contributed by atoms with E-state index in [9.17, 15) is 4.79 Å². The van der Waals surface area contributed by atoms with Crippen LogP contribution in [-0.2, 0) is 6.54 Å². The first-order chi connectivity index (χ1) is 17.0. The summed E-state index contributed by atoms with van der Waals surface area (Å²) in [6, 6.07) is 24.8. The van der Waals surface area contributed by atoms with Gasteiger partial charge in [0.2, 0.25) is 5.82 Å². The van der Waals surface area contributed by atoms with E-state index in [0.29, 0.717) is 18.3 Å². The van der Waals surface area contributed by atoms with Crippen LogP contribution in [0.25, 0.3) is 17.0 Å². The molecule has 0 saturated heterocycles. The quantitative estimate of drug-likeness (QED) is 0.391. The van der Waals surface area contributed by atoms with Gasteiger partial charge in [-0.15, -0.1) is 0 Å². The first-order valence-corrected chi connectivity index (χ1v) is 11.4. The molecule has 2 amide bonds. The smallest absolute Gasteiger partial charge is 0.322 e. The lowest BCUT2D eigenvalue weighted by atomic mass is 9.94. The molecule has 7 heteroatoms. The second kappa shape index (κ2) is 9.46. The zero-order valence-electron chi connectivity index (χ0n) is 19.9. The molecule has 1 aliphatic rings. The molecule has 3 aromatic carbocycles. The minimum Gasteiger partial charge on any atom is -0.497 e. The standard InChI is InChI=1S/C28H26N4O3/c1-18-8-7-9-20(16-18)17-32-19(2)24(27-30-26(31-35-27)22-10-5-4-6-11-22)25(29-28(32)33)21-12-14-23(34-3)15-13-21/h4-16,25H,17H2,1-3H3,(H,29,33). The second-order valence-electron chi connectivity index (χ2n) is 8.52. The Kier molecular flexibility index (Phi) is 6.06. The van der Waals surface area contributed by atoms with Crippen molar-refractivity contribution in [2.45, 2.75) is 26.4 Å². The van der Waals surface area contributed by atoms with E-state index in [1.807, 2.05) is 86.6 Å². The molecule has 1 unspecified atom stereocenters. The highest BCUT2D eigenvalue weighted by Gasteiger charge is 2.35. The zero-order valence-corrected chi connectivity index (χ0v) is 19.9. The minimum atomic E-state index is -0.453. The van der Waals surface area contributed by atoms with Crippen molar-refractivity contribution in [3.63, 3.8) is 0 Å². The van der Waals surface area contributed by atoms with Gasteiger partial charge >= 0.3 is 6.03 Å². The molecule has 0 fully saturated rings. The molecule has 0 saturated carbocycles. The number of nitrogens with zero attached hydrogens (tertiary/aromatic N) is 3. The zero-order chi connectivity index (χ0) is 24.4. The van der Waals surface area contributed by atoms with Gasteiger partial charge in [0, 0.05) is 11.3 Å². The van der Waals surface area contributed by atoms with E-state index < -0.39 is 6.04 Å². The molecule has 35 heavy (non-hydrogen) atoms. The summed E-state index contributed by atoms with van der Waals surface area (Å²) in [6.45, 7) is 4.39. The molecule has 0 spiro atoms. The van der Waals surface area contributed by atoms with Crippen LogP contribution in [0.15, 0.2) is 89.1 Å². The summed E-state index contributed by atoms with van der Waals surface area (Å²) < 4.78 is 11.1. The van der Waals surface area contributed by atoms with E-state index >= 15 is 0 Å². The minimum absolute atomic E-state index is 0.184.